The summed E-state index contributed by atoms with van der Waals surface area (Å²) in [5, 5.41) is 3.38. The average molecular weight is 216 g/mol. The molecule has 1 atom stereocenters. The van der Waals surface area contributed by atoms with Crippen LogP contribution < -0.4 is 10.2 Å². The van der Waals surface area contributed by atoms with Crippen LogP contribution >= 0.6 is 0 Å². The van der Waals surface area contributed by atoms with E-state index in [2.05, 4.69) is 18.8 Å². The molecule has 1 aliphatic rings. The summed E-state index contributed by atoms with van der Waals surface area (Å²) >= 11 is 0. The van der Waals surface area contributed by atoms with Crippen LogP contribution in [0.25, 0.3) is 0 Å². The fourth-order valence-electron chi connectivity index (χ4n) is 1.96. The van der Waals surface area contributed by atoms with E-state index >= 15 is 0 Å². The summed E-state index contributed by atoms with van der Waals surface area (Å²) in [6.07, 6.45) is 1.37. The number of rotatable bonds is 1. The second-order valence-electron chi connectivity index (χ2n) is 4.06. The lowest BCUT2D eigenvalue weighted by atomic mass is 10.1. The summed E-state index contributed by atoms with van der Waals surface area (Å²) in [6, 6.07) is 8.27. The molecule has 3 nitrogen and oxygen atoms in total. The van der Waals surface area contributed by atoms with Crippen molar-refractivity contribution in [3.63, 3.8) is 0 Å². The van der Waals surface area contributed by atoms with E-state index < -0.39 is 0 Å². The highest BCUT2D eigenvalue weighted by Gasteiger charge is 2.21. The Morgan fingerprint density at radius 3 is 3.06 bits per heavy atom. The molecule has 1 amide bonds. The van der Waals surface area contributed by atoms with Crippen LogP contribution in [0.5, 0.6) is 0 Å². The van der Waals surface area contributed by atoms with Crippen LogP contribution in [-0.4, -0.2) is 18.5 Å². The Balaban J connectivity index is 2.42. The largest absolute Gasteiger partial charge is 0.308 e. The molecule has 84 valence electrons. The number of nitrogens with one attached hydrogen (secondary N) is 1. The number of amides is 1. The van der Waals surface area contributed by atoms with E-state index in [4.69, 9.17) is 0 Å². The van der Waals surface area contributed by atoms with Gasteiger partial charge in [0.15, 0.2) is 0 Å². The van der Waals surface area contributed by atoms with Gasteiger partial charge < -0.3 is 10.2 Å². The monoisotopic (exact) mass is 216 g/mol. The molecule has 0 fully saturated rings. The van der Waals surface area contributed by atoms with Crippen molar-refractivity contribution in [2.75, 3.05) is 11.4 Å². The maximum absolute atomic E-state index is 11.8. The number of fused-ring (bicyclic) bond motifs is 1. The summed E-state index contributed by atoms with van der Waals surface area (Å²) < 4.78 is 0. The van der Waals surface area contributed by atoms with Crippen molar-refractivity contribution in [3.8, 4) is 0 Å². The van der Waals surface area contributed by atoms with E-state index in [1.807, 2.05) is 24.3 Å². The summed E-state index contributed by atoms with van der Waals surface area (Å²) in [5.74, 6) is -0.0389. The quantitative estimate of drug-likeness (QED) is 0.725. The SMILES string of the molecule is C=CC(=O)N1CC(C)NCc2ccccc21. The Bertz CT molecular complexity index is 414. The normalized spacial score (nSPS) is 19.8. The van der Waals surface area contributed by atoms with E-state index in [1.165, 1.54) is 6.08 Å². The lowest BCUT2D eigenvalue weighted by Gasteiger charge is -2.22. The second-order valence-corrected chi connectivity index (χ2v) is 4.06. The fourth-order valence-corrected chi connectivity index (χ4v) is 1.96. The molecule has 0 radical (unpaired) electrons. The number of para-hydroxylation sites is 1. The third-order valence-electron chi connectivity index (χ3n) is 2.82. The Hall–Kier alpha value is -1.61. The Kier molecular flexibility index (Phi) is 3.06. The van der Waals surface area contributed by atoms with Crippen LogP contribution in [-0.2, 0) is 11.3 Å². The molecule has 0 aromatic heterocycles. The van der Waals surface area contributed by atoms with Crippen LogP contribution in [0.15, 0.2) is 36.9 Å². The highest BCUT2D eigenvalue weighted by atomic mass is 16.2. The van der Waals surface area contributed by atoms with Crippen molar-refractivity contribution in [2.45, 2.75) is 19.5 Å². The van der Waals surface area contributed by atoms with Crippen molar-refractivity contribution >= 4 is 11.6 Å². The molecule has 0 saturated carbocycles. The molecule has 1 aromatic rings. The standard InChI is InChI=1S/C13H16N2O/c1-3-13(16)15-9-10(2)14-8-11-6-4-5-7-12(11)15/h3-7,10,14H,1,8-9H2,2H3. The van der Waals surface area contributed by atoms with Gasteiger partial charge in [0.25, 0.3) is 0 Å². The zero-order valence-corrected chi connectivity index (χ0v) is 9.44. The minimum absolute atomic E-state index is 0.0389. The van der Waals surface area contributed by atoms with Gasteiger partial charge in [-0.2, -0.15) is 0 Å². The third kappa shape index (κ3) is 1.99. The Morgan fingerprint density at radius 1 is 1.56 bits per heavy atom. The van der Waals surface area contributed by atoms with Gasteiger partial charge in [-0.05, 0) is 24.6 Å². The molecule has 3 heteroatoms. The fraction of sp³-hybridized carbons (Fsp3) is 0.308. The highest BCUT2D eigenvalue weighted by Crippen LogP contribution is 2.23. The molecule has 1 aliphatic heterocycles. The molecule has 1 aromatic carbocycles. The zero-order chi connectivity index (χ0) is 11.5. The van der Waals surface area contributed by atoms with Gasteiger partial charge in [-0.1, -0.05) is 24.8 Å². The molecule has 1 heterocycles. The molecule has 2 rings (SSSR count). The first-order valence-corrected chi connectivity index (χ1v) is 5.47. The first kappa shape index (κ1) is 10.9. The van der Waals surface area contributed by atoms with Crippen molar-refractivity contribution < 1.29 is 4.79 Å². The molecule has 0 spiro atoms. The van der Waals surface area contributed by atoms with E-state index in [1.54, 1.807) is 4.90 Å². The van der Waals surface area contributed by atoms with Gasteiger partial charge in [0, 0.05) is 24.8 Å². The minimum atomic E-state index is -0.0389. The van der Waals surface area contributed by atoms with Gasteiger partial charge in [0.2, 0.25) is 5.91 Å². The lowest BCUT2D eigenvalue weighted by molar-refractivity contribution is -0.114. The number of hydrogen-bond donors (Lipinski definition) is 1. The maximum Gasteiger partial charge on any atom is 0.250 e. The number of benzene rings is 1. The summed E-state index contributed by atoms with van der Waals surface area (Å²) in [6.45, 7) is 7.12. The van der Waals surface area contributed by atoms with Crippen LogP contribution in [0.2, 0.25) is 0 Å². The Labute approximate surface area is 95.8 Å². The van der Waals surface area contributed by atoms with E-state index in [0.717, 1.165) is 17.8 Å². The number of anilines is 1. The number of carbonyl (C=O) groups is 1. The molecule has 16 heavy (non-hydrogen) atoms. The molecule has 1 unspecified atom stereocenters. The van der Waals surface area contributed by atoms with Gasteiger partial charge in [-0.25, -0.2) is 0 Å². The summed E-state index contributed by atoms with van der Waals surface area (Å²) in [7, 11) is 0. The smallest absolute Gasteiger partial charge is 0.250 e. The molecular weight excluding hydrogens is 200 g/mol. The summed E-state index contributed by atoms with van der Waals surface area (Å²) in [4.78, 5) is 13.6. The van der Waals surface area contributed by atoms with Crippen LogP contribution in [0, 0.1) is 0 Å². The number of hydrogen-bond acceptors (Lipinski definition) is 2. The van der Waals surface area contributed by atoms with Crippen molar-refractivity contribution in [2.24, 2.45) is 0 Å². The first-order valence-electron chi connectivity index (χ1n) is 5.47. The van der Waals surface area contributed by atoms with Gasteiger partial charge in [-0.15, -0.1) is 0 Å². The predicted molar refractivity (Wildman–Crippen MR) is 65.3 cm³/mol. The zero-order valence-electron chi connectivity index (χ0n) is 9.44. The van der Waals surface area contributed by atoms with Crippen LogP contribution in [0.1, 0.15) is 12.5 Å². The number of carbonyl (C=O) groups excluding carboxylic acids is 1. The third-order valence-corrected chi connectivity index (χ3v) is 2.82. The van der Waals surface area contributed by atoms with E-state index in [9.17, 15) is 4.79 Å². The average Bonchev–Trinajstić information content (AvgIpc) is 2.48. The Morgan fingerprint density at radius 2 is 2.31 bits per heavy atom. The van der Waals surface area contributed by atoms with Crippen LogP contribution in [0.3, 0.4) is 0 Å². The molecule has 0 saturated heterocycles. The molecule has 1 N–H and O–H groups in total. The van der Waals surface area contributed by atoms with Gasteiger partial charge in [-0.3, -0.25) is 4.79 Å². The molecule has 0 bridgehead atoms. The molecule has 0 aliphatic carbocycles. The predicted octanol–water partition coefficient (Wildman–Crippen LogP) is 1.70. The topological polar surface area (TPSA) is 32.3 Å². The maximum atomic E-state index is 11.8. The summed E-state index contributed by atoms with van der Waals surface area (Å²) in [5.41, 5.74) is 2.14. The molecular formula is C13H16N2O. The lowest BCUT2D eigenvalue weighted by Crippen LogP contribution is -2.38. The van der Waals surface area contributed by atoms with Gasteiger partial charge in [0.1, 0.15) is 0 Å². The van der Waals surface area contributed by atoms with E-state index in [0.29, 0.717) is 6.54 Å². The van der Waals surface area contributed by atoms with Crippen molar-refractivity contribution in [1.82, 2.24) is 5.32 Å². The minimum Gasteiger partial charge on any atom is -0.308 e. The second kappa shape index (κ2) is 4.49. The van der Waals surface area contributed by atoms with E-state index in [-0.39, 0.29) is 11.9 Å². The number of nitrogens with zero attached hydrogens (tertiary/aromatic N) is 1. The first-order chi connectivity index (χ1) is 7.72. The van der Waals surface area contributed by atoms with Gasteiger partial charge >= 0.3 is 0 Å². The van der Waals surface area contributed by atoms with Crippen molar-refractivity contribution in [3.05, 3.63) is 42.5 Å². The highest BCUT2D eigenvalue weighted by molar-refractivity contribution is 6.01. The van der Waals surface area contributed by atoms with Gasteiger partial charge in [0.05, 0.1) is 0 Å². The van der Waals surface area contributed by atoms with Crippen molar-refractivity contribution in [1.29, 1.82) is 0 Å². The van der Waals surface area contributed by atoms with Crippen LogP contribution in [0.4, 0.5) is 5.69 Å².